The van der Waals surface area contributed by atoms with Gasteiger partial charge in [0.1, 0.15) is 0 Å². The summed E-state index contributed by atoms with van der Waals surface area (Å²) in [6.45, 7) is 1.20. The van der Waals surface area contributed by atoms with Crippen molar-refractivity contribution in [3.05, 3.63) is 24.3 Å². The second-order valence-corrected chi connectivity index (χ2v) is 4.47. The van der Waals surface area contributed by atoms with E-state index in [1.807, 2.05) is 12.1 Å². The van der Waals surface area contributed by atoms with E-state index >= 15 is 0 Å². The van der Waals surface area contributed by atoms with Gasteiger partial charge < -0.3 is 10.0 Å². The van der Waals surface area contributed by atoms with Crippen LogP contribution in [0.2, 0.25) is 0 Å². The zero-order chi connectivity index (χ0) is 9.54. The van der Waals surface area contributed by atoms with Crippen LogP contribution in [0.15, 0.2) is 34.2 Å². The molecule has 1 aromatic rings. The van der Waals surface area contributed by atoms with Gasteiger partial charge in [-0.3, -0.25) is 4.99 Å². The monoisotopic (exact) mass is 206 g/mol. The second-order valence-electron chi connectivity index (χ2n) is 3.46. The molecule has 1 aromatic carbocycles. The van der Waals surface area contributed by atoms with Gasteiger partial charge in [0.15, 0.2) is 5.17 Å². The third kappa shape index (κ3) is 1.14. The van der Waals surface area contributed by atoms with Crippen molar-refractivity contribution in [2.24, 2.45) is 4.99 Å². The lowest BCUT2D eigenvalue weighted by Gasteiger charge is -2.26. The summed E-state index contributed by atoms with van der Waals surface area (Å²) in [4.78, 5) is 7.67. The molecule has 4 heteroatoms. The fraction of sp³-hybridized carbons (Fsp3) is 0.300. The number of thioether (sulfide) groups is 1. The first-order valence-corrected chi connectivity index (χ1v) is 5.43. The molecule has 72 valence electrons. The van der Waals surface area contributed by atoms with Gasteiger partial charge in [-0.2, -0.15) is 0 Å². The van der Waals surface area contributed by atoms with E-state index in [0.29, 0.717) is 13.1 Å². The SMILES string of the molecule is O[C@@H]1CN=C2Sc3ccccc3N2C1. The van der Waals surface area contributed by atoms with Gasteiger partial charge in [-0.25, -0.2) is 0 Å². The minimum Gasteiger partial charge on any atom is -0.389 e. The molecule has 1 N–H and O–H groups in total. The molecule has 1 atom stereocenters. The van der Waals surface area contributed by atoms with Gasteiger partial charge in [0, 0.05) is 4.90 Å². The number of hydrogen-bond donors (Lipinski definition) is 1. The Kier molecular flexibility index (Phi) is 1.78. The zero-order valence-electron chi connectivity index (χ0n) is 7.55. The maximum atomic E-state index is 9.52. The Bertz CT molecular complexity index is 405. The predicted molar refractivity (Wildman–Crippen MR) is 58.0 cm³/mol. The number of amidine groups is 1. The van der Waals surface area contributed by atoms with Crippen LogP contribution >= 0.6 is 11.8 Å². The molecule has 0 aromatic heterocycles. The summed E-state index contributed by atoms with van der Waals surface area (Å²) in [5, 5.41) is 10.5. The molecule has 2 heterocycles. The van der Waals surface area contributed by atoms with Crippen LogP contribution in [0.3, 0.4) is 0 Å². The van der Waals surface area contributed by atoms with Crippen LogP contribution in [0.1, 0.15) is 0 Å². The highest BCUT2D eigenvalue weighted by atomic mass is 32.2. The van der Waals surface area contributed by atoms with Gasteiger partial charge in [-0.1, -0.05) is 12.1 Å². The molecule has 3 rings (SSSR count). The molecule has 2 aliphatic rings. The third-order valence-corrected chi connectivity index (χ3v) is 3.52. The minimum atomic E-state index is -0.328. The predicted octanol–water partition coefficient (Wildman–Crippen LogP) is 1.33. The number of aliphatic imine (C=N–C) groups is 1. The van der Waals surface area contributed by atoms with Crippen LogP contribution in [0.5, 0.6) is 0 Å². The number of fused-ring (bicyclic) bond motifs is 3. The quantitative estimate of drug-likeness (QED) is 0.695. The van der Waals surface area contributed by atoms with Crippen molar-refractivity contribution < 1.29 is 5.11 Å². The van der Waals surface area contributed by atoms with Crippen molar-refractivity contribution in [3.63, 3.8) is 0 Å². The molecule has 0 bridgehead atoms. The molecule has 0 aliphatic carbocycles. The second kappa shape index (κ2) is 3.00. The highest BCUT2D eigenvalue weighted by Crippen LogP contribution is 2.40. The molecule has 0 amide bonds. The Hall–Kier alpha value is -1.00. The van der Waals surface area contributed by atoms with Gasteiger partial charge in [0.25, 0.3) is 0 Å². The number of aliphatic hydroxyl groups excluding tert-OH is 1. The van der Waals surface area contributed by atoms with Crippen LogP contribution in [-0.2, 0) is 0 Å². The van der Waals surface area contributed by atoms with E-state index in [-0.39, 0.29) is 6.10 Å². The normalized spacial score (nSPS) is 24.2. The molecule has 0 unspecified atom stereocenters. The summed E-state index contributed by atoms with van der Waals surface area (Å²) >= 11 is 1.69. The van der Waals surface area contributed by atoms with E-state index in [4.69, 9.17) is 0 Å². The highest BCUT2D eigenvalue weighted by Gasteiger charge is 2.30. The number of nitrogens with zero attached hydrogens (tertiary/aromatic N) is 2. The molecular weight excluding hydrogens is 196 g/mol. The maximum absolute atomic E-state index is 9.52. The maximum Gasteiger partial charge on any atom is 0.168 e. The lowest BCUT2D eigenvalue weighted by Crippen LogP contribution is -2.39. The van der Waals surface area contributed by atoms with Gasteiger partial charge in [0.05, 0.1) is 24.9 Å². The number of anilines is 1. The minimum absolute atomic E-state index is 0.328. The van der Waals surface area contributed by atoms with Crippen LogP contribution in [0, 0.1) is 0 Å². The number of hydrogen-bond acceptors (Lipinski definition) is 4. The van der Waals surface area contributed by atoms with Crippen LogP contribution < -0.4 is 4.90 Å². The fourth-order valence-corrected chi connectivity index (χ4v) is 2.82. The van der Waals surface area contributed by atoms with Gasteiger partial charge in [0.2, 0.25) is 0 Å². The third-order valence-electron chi connectivity index (χ3n) is 2.42. The van der Waals surface area contributed by atoms with Crippen molar-refractivity contribution in [3.8, 4) is 0 Å². The van der Waals surface area contributed by atoms with Gasteiger partial charge in [-0.05, 0) is 23.9 Å². The van der Waals surface area contributed by atoms with E-state index in [9.17, 15) is 5.11 Å². The number of benzene rings is 1. The first-order chi connectivity index (χ1) is 6.84. The van der Waals surface area contributed by atoms with E-state index in [0.717, 1.165) is 5.17 Å². The molecule has 14 heavy (non-hydrogen) atoms. The van der Waals surface area contributed by atoms with E-state index < -0.39 is 0 Å². The summed E-state index contributed by atoms with van der Waals surface area (Å²) in [5.41, 5.74) is 1.18. The standard InChI is InChI=1S/C10H10N2OS/c13-7-5-11-10-12(6-7)8-3-1-2-4-9(8)14-10/h1-4,7,13H,5-6H2/t7-/m1/s1. The topological polar surface area (TPSA) is 35.8 Å². The smallest absolute Gasteiger partial charge is 0.168 e. The summed E-state index contributed by atoms with van der Waals surface area (Å²) in [6, 6.07) is 8.21. The van der Waals surface area contributed by atoms with E-state index in [1.165, 1.54) is 10.6 Å². The van der Waals surface area contributed by atoms with Crippen molar-refractivity contribution in [2.75, 3.05) is 18.0 Å². The number of aliphatic hydroxyl groups is 1. The van der Waals surface area contributed by atoms with Gasteiger partial charge >= 0.3 is 0 Å². The molecule has 2 aliphatic heterocycles. The summed E-state index contributed by atoms with van der Waals surface area (Å²) < 4.78 is 0. The van der Waals surface area contributed by atoms with E-state index in [1.54, 1.807) is 11.8 Å². The largest absolute Gasteiger partial charge is 0.389 e. The van der Waals surface area contributed by atoms with Crippen LogP contribution in [0.25, 0.3) is 0 Å². The number of para-hydroxylation sites is 1. The molecule has 0 saturated heterocycles. The Morgan fingerprint density at radius 2 is 2.29 bits per heavy atom. The van der Waals surface area contributed by atoms with Crippen molar-refractivity contribution in [1.29, 1.82) is 0 Å². The summed E-state index contributed by atoms with van der Waals surface area (Å²) in [7, 11) is 0. The zero-order valence-corrected chi connectivity index (χ0v) is 8.37. The van der Waals surface area contributed by atoms with Crippen molar-refractivity contribution in [1.82, 2.24) is 0 Å². The Balaban J connectivity index is 2.06. The lowest BCUT2D eigenvalue weighted by atomic mass is 10.2. The Morgan fingerprint density at radius 1 is 1.43 bits per heavy atom. The lowest BCUT2D eigenvalue weighted by molar-refractivity contribution is 0.189. The molecular formula is C10H10N2OS. The van der Waals surface area contributed by atoms with Crippen molar-refractivity contribution >= 4 is 22.6 Å². The molecule has 0 radical (unpaired) electrons. The molecule has 0 spiro atoms. The average molecular weight is 206 g/mol. The first-order valence-electron chi connectivity index (χ1n) is 4.61. The summed E-state index contributed by atoms with van der Waals surface area (Å²) in [6.07, 6.45) is -0.328. The van der Waals surface area contributed by atoms with Crippen LogP contribution in [-0.4, -0.2) is 29.5 Å². The first kappa shape index (κ1) is 8.32. The van der Waals surface area contributed by atoms with Crippen molar-refractivity contribution in [2.45, 2.75) is 11.0 Å². The Labute approximate surface area is 86.5 Å². The Morgan fingerprint density at radius 3 is 3.21 bits per heavy atom. The highest BCUT2D eigenvalue weighted by molar-refractivity contribution is 8.14. The van der Waals surface area contributed by atoms with Crippen LogP contribution in [0.4, 0.5) is 5.69 Å². The van der Waals surface area contributed by atoms with E-state index in [2.05, 4.69) is 22.0 Å². The summed E-state index contributed by atoms with van der Waals surface area (Å²) in [5.74, 6) is 0. The fourth-order valence-electron chi connectivity index (χ4n) is 1.77. The molecule has 3 nitrogen and oxygen atoms in total. The molecule has 0 fully saturated rings. The molecule has 0 saturated carbocycles. The number of rotatable bonds is 0. The average Bonchev–Trinajstić information content (AvgIpc) is 2.56. The van der Waals surface area contributed by atoms with Gasteiger partial charge in [-0.15, -0.1) is 0 Å².